The van der Waals surface area contributed by atoms with Gasteiger partial charge >= 0.3 is 0 Å². The Hall–Kier alpha value is -1.95. The van der Waals surface area contributed by atoms with Crippen molar-refractivity contribution in [2.75, 3.05) is 7.11 Å². The molecule has 3 N–H and O–H groups in total. The minimum absolute atomic E-state index is 0.154. The number of nitrogens with zero attached hydrogens (tertiary/aromatic N) is 1. The number of aromatic nitrogens is 1. The third-order valence-corrected chi connectivity index (χ3v) is 4.37. The van der Waals surface area contributed by atoms with Gasteiger partial charge in [-0.1, -0.05) is 17.7 Å². The summed E-state index contributed by atoms with van der Waals surface area (Å²) in [6.45, 7) is 2.05. The molecule has 21 heavy (non-hydrogen) atoms. The zero-order valence-corrected chi connectivity index (χ0v) is 12.8. The van der Waals surface area contributed by atoms with Crippen molar-refractivity contribution in [3.63, 3.8) is 0 Å². The lowest BCUT2D eigenvalue weighted by molar-refractivity contribution is 0.404. The first-order valence-corrected chi connectivity index (χ1v) is 7.54. The molecule has 0 saturated carbocycles. The van der Waals surface area contributed by atoms with Crippen LogP contribution in [0.4, 0.5) is 0 Å². The van der Waals surface area contributed by atoms with E-state index in [4.69, 9.17) is 10.6 Å². The number of fused-ring (bicyclic) bond motifs is 1. The van der Waals surface area contributed by atoms with Crippen molar-refractivity contribution in [2.45, 2.75) is 13.0 Å². The van der Waals surface area contributed by atoms with Gasteiger partial charge in [0.2, 0.25) is 0 Å². The first kappa shape index (κ1) is 14.0. The fraction of sp³-hybridized carbons (Fsp3) is 0.188. The van der Waals surface area contributed by atoms with Crippen LogP contribution >= 0.6 is 11.3 Å². The highest BCUT2D eigenvalue weighted by atomic mass is 32.1. The Morgan fingerprint density at radius 2 is 2.14 bits per heavy atom. The molecule has 0 aliphatic rings. The van der Waals surface area contributed by atoms with Crippen LogP contribution in [0.25, 0.3) is 10.2 Å². The molecule has 0 spiro atoms. The number of methoxy groups -OCH3 is 1. The number of nitrogens with two attached hydrogens (primary N) is 1. The molecule has 3 aromatic rings. The highest BCUT2D eigenvalue weighted by Gasteiger charge is 2.18. The first-order chi connectivity index (χ1) is 10.2. The van der Waals surface area contributed by atoms with Crippen LogP contribution in [0, 0.1) is 6.92 Å². The molecule has 2 aromatic heterocycles. The molecule has 0 saturated heterocycles. The summed E-state index contributed by atoms with van der Waals surface area (Å²) in [5, 5.41) is 2.04. The smallest absolute Gasteiger partial charge is 0.124 e. The lowest BCUT2D eigenvalue weighted by Crippen LogP contribution is -2.29. The third-order valence-electron chi connectivity index (χ3n) is 3.52. The number of rotatable bonds is 4. The van der Waals surface area contributed by atoms with Crippen LogP contribution in [0.15, 0.2) is 41.9 Å². The van der Waals surface area contributed by atoms with Gasteiger partial charge in [0.15, 0.2) is 0 Å². The Labute approximate surface area is 127 Å². The molecule has 1 atom stereocenters. The predicted molar refractivity (Wildman–Crippen MR) is 86.5 cm³/mol. The van der Waals surface area contributed by atoms with Gasteiger partial charge in [-0.15, -0.1) is 11.3 Å². The van der Waals surface area contributed by atoms with E-state index in [0.29, 0.717) is 0 Å². The fourth-order valence-electron chi connectivity index (χ4n) is 2.46. The zero-order chi connectivity index (χ0) is 14.8. The summed E-state index contributed by atoms with van der Waals surface area (Å²) in [6.07, 6.45) is 1.86. The Morgan fingerprint density at radius 1 is 1.29 bits per heavy atom. The zero-order valence-electron chi connectivity index (χ0n) is 12.0. The Morgan fingerprint density at radius 3 is 2.90 bits per heavy atom. The Balaban J connectivity index is 2.10. The average molecular weight is 299 g/mol. The number of aryl methyl sites for hydroxylation is 1. The maximum atomic E-state index is 5.80. The second-order valence-corrected chi connectivity index (χ2v) is 5.87. The number of hydrogen-bond acceptors (Lipinski definition) is 5. The predicted octanol–water partition coefficient (Wildman–Crippen LogP) is 3.17. The van der Waals surface area contributed by atoms with Crippen LogP contribution in [0.1, 0.15) is 22.7 Å². The summed E-state index contributed by atoms with van der Waals surface area (Å²) < 4.78 is 6.62. The largest absolute Gasteiger partial charge is 0.496 e. The van der Waals surface area contributed by atoms with Gasteiger partial charge in [0, 0.05) is 11.8 Å². The molecule has 0 amide bonds. The van der Waals surface area contributed by atoms with Crippen molar-refractivity contribution in [3.8, 4) is 5.75 Å². The van der Waals surface area contributed by atoms with E-state index in [0.717, 1.165) is 32.7 Å². The summed E-state index contributed by atoms with van der Waals surface area (Å²) in [7, 11) is 1.67. The standard InChI is InChI=1S/C16H17N3OS/c1-10-3-4-14(20-2)12(7-10)16(19-17)11-8-15-13(18-9-11)5-6-21-15/h3-9,16,19H,17H2,1-2H3. The molecular formula is C16H17N3OS. The number of ether oxygens (including phenoxy) is 1. The highest BCUT2D eigenvalue weighted by Crippen LogP contribution is 2.32. The van der Waals surface area contributed by atoms with E-state index < -0.39 is 0 Å². The van der Waals surface area contributed by atoms with Gasteiger partial charge in [0.1, 0.15) is 5.75 Å². The summed E-state index contributed by atoms with van der Waals surface area (Å²) in [6, 6.07) is 10.1. The van der Waals surface area contributed by atoms with E-state index in [9.17, 15) is 0 Å². The summed E-state index contributed by atoms with van der Waals surface area (Å²) in [5.41, 5.74) is 7.09. The molecule has 4 nitrogen and oxygen atoms in total. The molecule has 0 bridgehead atoms. The fourth-order valence-corrected chi connectivity index (χ4v) is 3.25. The van der Waals surface area contributed by atoms with E-state index in [-0.39, 0.29) is 6.04 Å². The van der Waals surface area contributed by atoms with Crippen molar-refractivity contribution >= 4 is 21.6 Å². The normalized spacial score (nSPS) is 12.5. The minimum atomic E-state index is -0.154. The van der Waals surface area contributed by atoms with Crippen LogP contribution in [0.2, 0.25) is 0 Å². The number of nitrogens with one attached hydrogen (secondary N) is 1. The molecule has 1 aromatic carbocycles. The van der Waals surface area contributed by atoms with Crippen molar-refractivity contribution in [1.29, 1.82) is 0 Å². The van der Waals surface area contributed by atoms with Crippen LogP contribution < -0.4 is 16.0 Å². The van der Waals surface area contributed by atoms with E-state index >= 15 is 0 Å². The van der Waals surface area contributed by atoms with E-state index in [1.54, 1.807) is 18.4 Å². The van der Waals surface area contributed by atoms with Crippen LogP contribution in [0.5, 0.6) is 5.75 Å². The van der Waals surface area contributed by atoms with Gasteiger partial charge in [-0.2, -0.15) is 0 Å². The molecule has 108 valence electrons. The van der Waals surface area contributed by atoms with Crippen LogP contribution in [-0.2, 0) is 0 Å². The quantitative estimate of drug-likeness (QED) is 0.574. The second-order valence-electron chi connectivity index (χ2n) is 4.92. The van der Waals surface area contributed by atoms with Crippen LogP contribution in [-0.4, -0.2) is 12.1 Å². The molecule has 2 heterocycles. The molecule has 0 aliphatic carbocycles. The number of benzene rings is 1. The van der Waals surface area contributed by atoms with Gasteiger partial charge in [-0.3, -0.25) is 10.8 Å². The first-order valence-electron chi connectivity index (χ1n) is 6.66. The maximum absolute atomic E-state index is 5.80. The lowest BCUT2D eigenvalue weighted by Gasteiger charge is -2.20. The SMILES string of the molecule is COc1ccc(C)cc1C(NN)c1cnc2ccsc2c1. The summed E-state index contributed by atoms with van der Waals surface area (Å²) >= 11 is 1.68. The highest BCUT2D eigenvalue weighted by molar-refractivity contribution is 7.17. The molecule has 0 fully saturated rings. The average Bonchev–Trinajstić information content (AvgIpc) is 2.96. The molecule has 0 aliphatic heterocycles. The second kappa shape index (κ2) is 5.81. The van der Waals surface area contributed by atoms with E-state index in [2.05, 4.69) is 29.5 Å². The Bertz CT molecular complexity index is 769. The molecular weight excluding hydrogens is 282 g/mol. The number of thiophene rings is 1. The minimum Gasteiger partial charge on any atom is -0.496 e. The summed E-state index contributed by atoms with van der Waals surface area (Å²) in [5.74, 6) is 6.61. The molecule has 5 heteroatoms. The van der Waals surface area contributed by atoms with Crippen molar-refractivity contribution in [2.24, 2.45) is 5.84 Å². The molecule has 1 unspecified atom stereocenters. The van der Waals surface area contributed by atoms with Crippen molar-refractivity contribution in [3.05, 3.63) is 58.6 Å². The van der Waals surface area contributed by atoms with Gasteiger partial charge < -0.3 is 4.74 Å². The topological polar surface area (TPSA) is 60.2 Å². The third kappa shape index (κ3) is 2.63. The summed E-state index contributed by atoms with van der Waals surface area (Å²) in [4.78, 5) is 4.49. The van der Waals surface area contributed by atoms with Crippen molar-refractivity contribution in [1.82, 2.24) is 10.4 Å². The van der Waals surface area contributed by atoms with Gasteiger partial charge in [0.25, 0.3) is 0 Å². The van der Waals surface area contributed by atoms with Crippen LogP contribution in [0.3, 0.4) is 0 Å². The molecule has 0 radical (unpaired) electrons. The van der Waals surface area contributed by atoms with Crippen molar-refractivity contribution < 1.29 is 4.74 Å². The molecule has 3 rings (SSSR count). The lowest BCUT2D eigenvalue weighted by atomic mass is 9.98. The van der Waals surface area contributed by atoms with Gasteiger partial charge in [-0.25, -0.2) is 5.43 Å². The number of hydrazine groups is 1. The maximum Gasteiger partial charge on any atom is 0.124 e. The van der Waals surface area contributed by atoms with Gasteiger partial charge in [-0.05, 0) is 36.1 Å². The Kier molecular flexibility index (Phi) is 3.88. The van der Waals surface area contributed by atoms with E-state index in [1.165, 1.54) is 0 Å². The van der Waals surface area contributed by atoms with E-state index in [1.807, 2.05) is 29.8 Å². The number of pyridine rings is 1. The van der Waals surface area contributed by atoms with Gasteiger partial charge in [0.05, 0.1) is 23.4 Å². The number of hydrogen-bond donors (Lipinski definition) is 2. The monoisotopic (exact) mass is 299 g/mol.